The van der Waals surface area contributed by atoms with Crippen LogP contribution in [0.5, 0.6) is 0 Å². The smallest absolute Gasteiger partial charge is 0.392 e. The zero-order valence-electron chi connectivity index (χ0n) is 11.5. The van der Waals surface area contributed by atoms with Gasteiger partial charge in [-0.15, -0.1) is 0 Å². The molecule has 7 heteroatoms. The van der Waals surface area contributed by atoms with Crippen LogP contribution in [0.1, 0.15) is 18.9 Å². The fraction of sp³-hybridized carbons (Fsp3) is 0.500. The second-order valence-electron chi connectivity index (χ2n) is 5.18. The molecule has 1 aromatic rings. The highest BCUT2D eigenvalue weighted by atomic mass is 19.4. The fourth-order valence-electron chi connectivity index (χ4n) is 2.27. The molecule has 4 nitrogen and oxygen atoms in total. The van der Waals surface area contributed by atoms with Gasteiger partial charge >= 0.3 is 6.18 Å². The summed E-state index contributed by atoms with van der Waals surface area (Å²) in [5.41, 5.74) is -0.434. The lowest BCUT2D eigenvalue weighted by Crippen LogP contribution is -2.41. The van der Waals surface area contributed by atoms with Crippen molar-refractivity contribution in [2.75, 3.05) is 18.4 Å². The number of benzene rings is 1. The maximum Gasteiger partial charge on any atom is 0.416 e. The Morgan fingerprint density at radius 3 is 2.48 bits per heavy atom. The van der Waals surface area contributed by atoms with Crippen LogP contribution >= 0.6 is 0 Å². The summed E-state index contributed by atoms with van der Waals surface area (Å²) in [5.74, 6) is -0.302. The highest BCUT2D eigenvalue weighted by molar-refractivity contribution is 5.94. The number of likely N-dealkylation sites (tertiary alicyclic amines) is 1. The van der Waals surface area contributed by atoms with Crippen LogP contribution in [-0.2, 0) is 11.0 Å². The minimum Gasteiger partial charge on any atom is -0.392 e. The van der Waals surface area contributed by atoms with Crippen LogP contribution in [0.2, 0.25) is 0 Å². The molecule has 116 valence electrons. The third kappa shape index (κ3) is 3.95. The zero-order chi connectivity index (χ0) is 15.6. The predicted octanol–water partition coefficient (Wildman–Crippen LogP) is 2.10. The summed E-state index contributed by atoms with van der Waals surface area (Å²) in [5, 5.41) is 12.0. The van der Waals surface area contributed by atoms with E-state index < -0.39 is 23.9 Å². The summed E-state index contributed by atoms with van der Waals surface area (Å²) in [7, 11) is 0. The van der Waals surface area contributed by atoms with Crippen molar-refractivity contribution in [3.63, 3.8) is 0 Å². The summed E-state index contributed by atoms with van der Waals surface area (Å²) < 4.78 is 37.3. The number of amides is 1. The van der Waals surface area contributed by atoms with Gasteiger partial charge in [-0.25, -0.2) is 0 Å². The molecule has 1 amide bonds. The average Bonchev–Trinajstić information content (AvgIpc) is 2.84. The van der Waals surface area contributed by atoms with E-state index in [1.54, 1.807) is 6.92 Å². The summed E-state index contributed by atoms with van der Waals surface area (Å²) in [6.07, 6.45) is -4.19. The second kappa shape index (κ2) is 6.03. The Morgan fingerprint density at radius 2 is 2.00 bits per heavy atom. The van der Waals surface area contributed by atoms with Gasteiger partial charge in [0.05, 0.1) is 17.7 Å². The van der Waals surface area contributed by atoms with Crippen LogP contribution < -0.4 is 5.32 Å². The van der Waals surface area contributed by atoms with Crippen molar-refractivity contribution in [2.45, 2.75) is 31.7 Å². The summed E-state index contributed by atoms with van der Waals surface area (Å²) in [4.78, 5) is 13.9. The van der Waals surface area contributed by atoms with Crippen LogP contribution in [-0.4, -0.2) is 41.1 Å². The number of hydrogen-bond acceptors (Lipinski definition) is 3. The van der Waals surface area contributed by atoms with Gasteiger partial charge in [-0.2, -0.15) is 13.2 Å². The number of carbonyl (C=O) groups is 1. The zero-order valence-corrected chi connectivity index (χ0v) is 11.5. The highest BCUT2D eigenvalue weighted by Gasteiger charge is 2.31. The lowest BCUT2D eigenvalue weighted by molar-refractivity contribution is -0.137. The van der Waals surface area contributed by atoms with E-state index in [0.29, 0.717) is 25.2 Å². The van der Waals surface area contributed by atoms with Gasteiger partial charge < -0.3 is 10.4 Å². The molecular weight excluding hydrogens is 285 g/mol. The molecule has 0 aromatic heterocycles. The largest absolute Gasteiger partial charge is 0.416 e. The van der Waals surface area contributed by atoms with Crippen molar-refractivity contribution >= 4 is 11.6 Å². The molecule has 0 bridgehead atoms. The molecule has 2 N–H and O–H groups in total. The van der Waals surface area contributed by atoms with Gasteiger partial charge in [0.15, 0.2) is 0 Å². The molecule has 0 spiro atoms. The Morgan fingerprint density at radius 1 is 1.38 bits per heavy atom. The monoisotopic (exact) mass is 302 g/mol. The number of carbonyl (C=O) groups excluding carboxylic acids is 1. The Kier molecular flexibility index (Phi) is 4.53. The molecule has 1 unspecified atom stereocenters. The normalized spacial score (nSPS) is 21.3. The van der Waals surface area contributed by atoms with Gasteiger partial charge in [-0.05, 0) is 37.6 Å². The fourth-order valence-corrected chi connectivity index (χ4v) is 2.27. The lowest BCUT2D eigenvalue weighted by atomic mass is 10.2. The molecular formula is C14H17F3N2O2. The number of rotatable bonds is 3. The molecule has 1 aliphatic rings. The SMILES string of the molecule is CC(C(=O)Nc1ccc(C(F)(F)F)cc1)N1CC[C@H](O)C1. The summed E-state index contributed by atoms with van der Waals surface area (Å²) in [6.45, 7) is 2.77. The van der Waals surface area contributed by atoms with E-state index in [1.165, 1.54) is 12.1 Å². The van der Waals surface area contributed by atoms with Crippen molar-refractivity contribution in [3.05, 3.63) is 29.8 Å². The molecule has 1 saturated heterocycles. The first-order valence-corrected chi connectivity index (χ1v) is 6.67. The minimum atomic E-state index is -4.39. The number of alkyl halides is 3. The summed E-state index contributed by atoms with van der Waals surface area (Å²) in [6, 6.07) is 3.88. The van der Waals surface area contributed by atoms with Gasteiger partial charge in [0.25, 0.3) is 0 Å². The minimum absolute atomic E-state index is 0.302. The second-order valence-corrected chi connectivity index (χ2v) is 5.18. The van der Waals surface area contributed by atoms with Crippen LogP contribution in [0, 0.1) is 0 Å². The van der Waals surface area contributed by atoms with Crippen molar-refractivity contribution in [1.82, 2.24) is 4.90 Å². The molecule has 1 fully saturated rings. The molecule has 1 heterocycles. The molecule has 0 saturated carbocycles. The van der Waals surface area contributed by atoms with E-state index in [0.717, 1.165) is 12.1 Å². The number of nitrogens with zero attached hydrogens (tertiary/aromatic N) is 1. The maximum absolute atomic E-state index is 12.4. The number of nitrogens with one attached hydrogen (secondary N) is 1. The van der Waals surface area contributed by atoms with Gasteiger partial charge in [0.1, 0.15) is 0 Å². The molecule has 0 radical (unpaired) electrons. The van der Waals surface area contributed by atoms with Gasteiger partial charge in [-0.1, -0.05) is 0 Å². The molecule has 21 heavy (non-hydrogen) atoms. The lowest BCUT2D eigenvalue weighted by Gasteiger charge is -2.22. The number of aliphatic hydroxyl groups is 1. The van der Waals surface area contributed by atoms with E-state index in [1.807, 2.05) is 4.90 Å². The van der Waals surface area contributed by atoms with Gasteiger partial charge in [0.2, 0.25) is 5.91 Å². The standard InChI is InChI=1S/C14H17F3N2O2/c1-9(19-7-6-12(20)8-19)13(21)18-11-4-2-10(3-5-11)14(15,16)17/h2-5,9,12,20H,6-8H2,1H3,(H,18,21)/t9?,12-/m0/s1. The first-order chi connectivity index (χ1) is 9.77. The van der Waals surface area contributed by atoms with Crippen molar-refractivity contribution in [1.29, 1.82) is 0 Å². The topological polar surface area (TPSA) is 52.6 Å². The first kappa shape index (κ1) is 15.8. The van der Waals surface area contributed by atoms with Crippen LogP contribution in [0.3, 0.4) is 0 Å². The molecule has 1 aromatic carbocycles. The predicted molar refractivity (Wildman–Crippen MR) is 71.7 cm³/mol. The van der Waals surface area contributed by atoms with Gasteiger partial charge in [-0.3, -0.25) is 9.69 Å². The molecule has 1 aliphatic heterocycles. The Labute approximate surface area is 120 Å². The van der Waals surface area contributed by atoms with E-state index in [9.17, 15) is 23.1 Å². The van der Waals surface area contributed by atoms with Gasteiger partial charge in [0, 0.05) is 18.8 Å². The van der Waals surface area contributed by atoms with Crippen molar-refractivity contribution in [2.24, 2.45) is 0 Å². The van der Waals surface area contributed by atoms with E-state index in [-0.39, 0.29) is 5.91 Å². The first-order valence-electron chi connectivity index (χ1n) is 6.67. The number of hydrogen-bond donors (Lipinski definition) is 2. The maximum atomic E-state index is 12.4. The number of halogens is 3. The number of anilines is 1. The van der Waals surface area contributed by atoms with Crippen LogP contribution in [0.25, 0.3) is 0 Å². The third-order valence-electron chi connectivity index (χ3n) is 3.60. The van der Waals surface area contributed by atoms with E-state index in [2.05, 4.69) is 5.32 Å². The summed E-state index contributed by atoms with van der Waals surface area (Å²) >= 11 is 0. The van der Waals surface area contributed by atoms with Crippen molar-refractivity contribution in [3.8, 4) is 0 Å². The Bertz CT molecular complexity index is 502. The van der Waals surface area contributed by atoms with E-state index >= 15 is 0 Å². The molecule has 2 atom stereocenters. The number of aliphatic hydroxyl groups excluding tert-OH is 1. The van der Waals surface area contributed by atoms with Crippen LogP contribution in [0.4, 0.5) is 18.9 Å². The average molecular weight is 302 g/mol. The Hall–Kier alpha value is -1.60. The quantitative estimate of drug-likeness (QED) is 0.899. The number of β-amino-alcohol motifs (C(OH)–C–C–N with tert-alkyl or cyclic N) is 1. The highest BCUT2D eigenvalue weighted by Crippen LogP contribution is 2.29. The van der Waals surface area contributed by atoms with Crippen LogP contribution in [0.15, 0.2) is 24.3 Å². The third-order valence-corrected chi connectivity index (χ3v) is 3.60. The Balaban J connectivity index is 1.96. The molecule has 2 rings (SSSR count). The molecule has 0 aliphatic carbocycles. The van der Waals surface area contributed by atoms with E-state index in [4.69, 9.17) is 0 Å². The van der Waals surface area contributed by atoms with Crippen molar-refractivity contribution < 1.29 is 23.1 Å².